The number of hydrogen-bond donors (Lipinski definition) is 2. The van der Waals surface area contributed by atoms with Gasteiger partial charge in [-0.3, -0.25) is 9.80 Å². The van der Waals surface area contributed by atoms with Crippen molar-refractivity contribution in [3.05, 3.63) is 35.8 Å². The Bertz CT molecular complexity index is 862. The smallest absolute Gasteiger partial charge is 0.191 e. The summed E-state index contributed by atoms with van der Waals surface area (Å²) >= 11 is 0. The van der Waals surface area contributed by atoms with Crippen LogP contribution in [0.25, 0.3) is 0 Å². The fourth-order valence-electron chi connectivity index (χ4n) is 4.81. The standard InChI is InChI=1S/C23H38N8O.HI/c1-4-30-13-7-9-19(30)15-24-23(26-17-22-28-27-18(2)29(22)3)25-16-20(21-10-8-14-32-21)31-11-5-6-12-31;/h8,10,14,19-20H,4-7,9,11-13,15-17H2,1-3H3,(H2,24,25,26);1H. The molecule has 0 radical (unpaired) electrons. The Labute approximate surface area is 214 Å². The maximum atomic E-state index is 5.79. The monoisotopic (exact) mass is 570 g/mol. The van der Waals surface area contributed by atoms with Gasteiger partial charge in [0.2, 0.25) is 0 Å². The van der Waals surface area contributed by atoms with Gasteiger partial charge < -0.3 is 19.6 Å². The maximum absolute atomic E-state index is 5.79. The van der Waals surface area contributed by atoms with Crippen LogP contribution in [0.1, 0.15) is 56.1 Å². The van der Waals surface area contributed by atoms with Crippen molar-refractivity contribution in [2.75, 3.05) is 39.3 Å². The van der Waals surface area contributed by atoms with Crippen molar-refractivity contribution in [2.24, 2.45) is 12.0 Å². The van der Waals surface area contributed by atoms with Gasteiger partial charge in [-0.1, -0.05) is 6.92 Å². The number of nitrogens with zero attached hydrogens (tertiary/aromatic N) is 6. The number of nitrogens with one attached hydrogen (secondary N) is 2. The van der Waals surface area contributed by atoms with Crippen LogP contribution in [0.5, 0.6) is 0 Å². The molecule has 2 fully saturated rings. The van der Waals surface area contributed by atoms with Crippen molar-refractivity contribution >= 4 is 29.9 Å². The van der Waals surface area contributed by atoms with E-state index in [2.05, 4.69) is 43.6 Å². The highest BCUT2D eigenvalue weighted by molar-refractivity contribution is 14.0. The van der Waals surface area contributed by atoms with E-state index in [1.54, 1.807) is 6.26 Å². The van der Waals surface area contributed by atoms with Crippen molar-refractivity contribution < 1.29 is 4.42 Å². The fraction of sp³-hybridized carbons (Fsp3) is 0.696. The van der Waals surface area contributed by atoms with E-state index < -0.39 is 0 Å². The highest BCUT2D eigenvalue weighted by Crippen LogP contribution is 2.25. The van der Waals surface area contributed by atoms with E-state index >= 15 is 0 Å². The number of likely N-dealkylation sites (tertiary alicyclic amines) is 2. The zero-order valence-electron chi connectivity index (χ0n) is 20.2. The van der Waals surface area contributed by atoms with Gasteiger partial charge in [-0.05, 0) is 70.9 Å². The predicted octanol–water partition coefficient (Wildman–Crippen LogP) is 2.69. The predicted molar refractivity (Wildman–Crippen MR) is 141 cm³/mol. The normalized spacial score (nSPS) is 20.7. The molecule has 0 aromatic carbocycles. The lowest BCUT2D eigenvalue weighted by Gasteiger charge is -2.28. The number of rotatable bonds is 9. The molecule has 2 atom stereocenters. The molecule has 10 heteroatoms. The number of likely N-dealkylation sites (N-methyl/N-ethyl adjacent to an activating group) is 1. The third kappa shape index (κ3) is 6.69. The SMILES string of the molecule is CCN1CCCC1CNC(=NCc1nnc(C)n1C)NCC(c1ccco1)N1CCCC1.I. The Morgan fingerprint density at radius 1 is 1.21 bits per heavy atom. The van der Waals surface area contributed by atoms with Crippen LogP contribution in [0.2, 0.25) is 0 Å². The zero-order chi connectivity index (χ0) is 22.3. The number of hydrogen-bond acceptors (Lipinski definition) is 6. The molecule has 0 spiro atoms. The highest BCUT2D eigenvalue weighted by Gasteiger charge is 2.26. The molecule has 4 rings (SSSR count). The number of aromatic nitrogens is 3. The summed E-state index contributed by atoms with van der Waals surface area (Å²) in [7, 11) is 1.98. The van der Waals surface area contributed by atoms with Crippen LogP contribution in [0.3, 0.4) is 0 Å². The first-order valence-electron chi connectivity index (χ1n) is 12.0. The molecule has 2 aromatic heterocycles. The Balaban J connectivity index is 0.00000306. The van der Waals surface area contributed by atoms with Crippen LogP contribution < -0.4 is 10.6 Å². The van der Waals surface area contributed by atoms with Gasteiger partial charge in [-0.25, -0.2) is 4.99 Å². The molecular weight excluding hydrogens is 531 g/mol. The number of guanidine groups is 1. The highest BCUT2D eigenvalue weighted by atomic mass is 127. The second kappa shape index (κ2) is 12.7. The molecule has 9 nitrogen and oxygen atoms in total. The van der Waals surface area contributed by atoms with Gasteiger partial charge in [0.05, 0.1) is 12.3 Å². The minimum Gasteiger partial charge on any atom is -0.468 e. The first-order chi connectivity index (χ1) is 15.7. The Morgan fingerprint density at radius 3 is 2.70 bits per heavy atom. The Morgan fingerprint density at radius 2 is 2.03 bits per heavy atom. The molecule has 2 unspecified atom stereocenters. The fourth-order valence-corrected chi connectivity index (χ4v) is 4.81. The quantitative estimate of drug-likeness (QED) is 0.273. The summed E-state index contributed by atoms with van der Waals surface area (Å²) in [6.45, 7) is 10.8. The van der Waals surface area contributed by atoms with Gasteiger partial charge in [-0.15, -0.1) is 34.2 Å². The molecule has 0 amide bonds. The van der Waals surface area contributed by atoms with Crippen molar-refractivity contribution in [1.82, 2.24) is 35.2 Å². The minimum absolute atomic E-state index is 0. The second-order valence-corrected chi connectivity index (χ2v) is 8.85. The number of halogens is 1. The summed E-state index contributed by atoms with van der Waals surface area (Å²) in [6, 6.07) is 4.81. The minimum atomic E-state index is 0. The van der Waals surface area contributed by atoms with Gasteiger partial charge in [0.25, 0.3) is 0 Å². The molecule has 184 valence electrons. The molecule has 0 bridgehead atoms. The molecule has 2 N–H and O–H groups in total. The average molecular weight is 571 g/mol. The van der Waals surface area contributed by atoms with E-state index in [1.165, 1.54) is 32.2 Å². The topological polar surface area (TPSA) is 86.7 Å². The van der Waals surface area contributed by atoms with Gasteiger partial charge in [0, 0.05) is 26.2 Å². The largest absolute Gasteiger partial charge is 0.468 e. The van der Waals surface area contributed by atoms with E-state index in [0.29, 0.717) is 12.6 Å². The first kappa shape index (κ1) is 26.0. The van der Waals surface area contributed by atoms with Crippen molar-refractivity contribution in [3.8, 4) is 0 Å². The maximum Gasteiger partial charge on any atom is 0.191 e. The van der Waals surface area contributed by atoms with Crippen LogP contribution in [0.4, 0.5) is 0 Å². The number of aryl methyl sites for hydroxylation is 1. The summed E-state index contributed by atoms with van der Waals surface area (Å²) in [5.74, 6) is 3.59. The number of furan rings is 1. The van der Waals surface area contributed by atoms with Crippen LogP contribution in [-0.4, -0.2) is 75.8 Å². The van der Waals surface area contributed by atoms with E-state index in [4.69, 9.17) is 9.41 Å². The summed E-state index contributed by atoms with van der Waals surface area (Å²) in [5.41, 5.74) is 0. The average Bonchev–Trinajstić information content (AvgIpc) is 3.60. The van der Waals surface area contributed by atoms with Crippen LogP contribution >= 0.6 is 24.0 Å². The molecule has 33 heavy (non-hydrogen) atoms. The Kier molecular flexibility index (Phi) is 9.99. The van der Waals surface area contributed by atoms with Gasteiger partial charge in [-0.2, -0.15) is 0 Å². The van der Waals surface area contributed by atoms with Gasteiger partial charge in [0.15, 0.2) is 11.8 Å². The van der Waals surface area contributed by atoms with Crippen molar-refractivity contribution in [3.63, 3.8) is 0 Å². The summed E-state index contributed by atoms with van der Waals surface area (Å²) in [5, 5.41) is 15.6. The van der Waals surface area contributed by atoms with Crippen LogP contribution in [0, 0.1) is 6.92 Å². The summed E-state index contributed by atoms with van der Waals surface area (Å²) in [4.78, 5) is 9.92. The second-order valence-electron chi connectivity index (χ2n) is 8.85. The lowest BCUT2D eigenvalue weighted by molar-refractivity contribution is 0.215. The van der Waals surface area contributed by atoms with Crippen LogP contribution in [0.15, 0.2) is 27.8 Å². The molecule has 4 heterocycles. The van der Waals surface area contributed by atoms with E-state index in [9.17, 15) is 0 Å². The molecule has 2 saturated heterocycles. The molecular formula is C23H39IN8O. The molecule has 0 saturated carbocycles. The third-order valence-corrected chi connectivity index (χ3v) is 6.89. The van der Waals surface area contributed by atoms with E-state index in [-0.39, 0.29) is 30.0 Å². The van der Waals surface area contributed by atoms with E-state index in [1.807, 2.05) is 24.6 Å². The molecule has 2 aliphatic heterocycles. The first-order valence-corrected chi connectivity index (χ1v) is 12.0. The Hall–Kier alpha value is -1.66. The zero-order valence-corrected chi connectivity index (χ0v) is 22.5. The lowest BCUT2D eigenvalue weighted by atomic mass is 10.2. The van der Waals surface area contributed by atoms with Crippen LogP contribution in [-0.2, 0) is 13.6 Å². The summed E-state index contributed by atoms with van der Waals surface area (Å²) in [6.07, 6.45) is 6.77. The summed E-state index contributed by atoms with van der Waals surface area (Å²) < 4.78 is 7.78. The van der Waals surface area contributed by atoms with Crippen molar-refractivity contribution in [2.45, 2.75) is 58.2 Å². The molecule has 2 aromatic rings. The van der Waals surface area contributed by atoms with Crippen molar-refractivity contribution in [1.29, 1.82) is 0 Å². The molecule has 0 aliphatic carbocycles. The number of aliphatic imine (C=N–C) groups is 1. The van der Waals surface area contributed by atoms with Gasteiger partial charge in [0.1, 0.15) is 18.1 Å². The third-order valence-electron chi connectivity index (χ3n) is 6.89. The van der Waals surface area contributed by atoms with E-state index in [0.717, 1.165) is 56.1 Å². The van der Waals surface area contributed by atoms with Gasteiger partial charge >= 0.3 is 0 Å². The lowest BCUT2D eigenvalue weighted by Crippen LogP contribution is -2.47. The molecule has 2 aliphatic rings.